The number of nitrogens with zero attached hydrogens (tertiary/aromatic N) is 7. The molecule has 3 aliphatic rings. The van der Waals surface area contributed by atoms with Crippen molar-refractivity contribution in [1.82, 2.24) is 19.8 Å². The van der Waals surface area contributed by atoms with E-state index in [9.17, 15) is 5.26 Å². The largest absolute Gasteiger partial charge is 0.462 e. The Kier molecular flexibility index (Phi) is 11.0. The average Bonchev–Trinajstić information content (AvgIpc) is 3.45. The number of rotatable bonds is 11. The van der Waals surface area contributed by atoms with Crippen LogP contribution in [0.1, 0.15) is 81.2 Å². The Morgan fingerprint density at radius 1 is 1.09 bits per heavy atom. The molecule has 0 bridgehead atoms. The Bertz CT molecular complexity index is 1380. The van der Waals surface area contributed by atoms with Crippen LogP contribution in [0.3, 0.4) is 0 Å². The number of ether oxygens (including phenoxy) is 1. The Hall–Kier alpha value is -3.33. The lowest BCUT2D eigenvalue weighted by atomic mass is 9.98. The van der Waals surface area contributed by atoms with Crippen molar-refractivity contribution in [2.24, 2.45) is 0 Å². The van der Waals surface area contributed by atoms with E-state index in [-0.39, 0.29) is 6.04 Å². The van der Waals surface area contributed by atoms with E-state index >= 15 is 0 Å². The SMILES string of the molecule is CC#CCC(CCCC)N1CCN(c2nc(OC[C@@H]3CCCN3C)nc3c2CCN(c2cccc(C)c2C)C3)C[C@@H]1CC#N. The molecule has 0 aliphatic carbocycles. The lowest BCUT2D eigenvalue weighted by Crippen LogP contribution is -2.57. The zero-order chi connectivity index (χ0) is 31.1. The number of hydrogen-bond acceptors (Lipinski definition) is 8. The van der Waals surface area contributed by atoms with Gasteiger partial charge in [-0.15, -0.1) is 11.8 Å². The van der Waals surface area contributed by atoms with Crippen molar-refractivity contribution < 1.29 is 4.74 Å². The summed E-state index contributed by atoms with van der Waals surface area (Å²) in [6.45, 7) is 14.5. The van der Waals surface area contributed by atoms with Gasteiger partial charge in [0, 0.05) is 62.0 Å². The predicted octanol–water partition coefficient (Wildman–Crippen LogP) is 5.51. The number of likely N-dealkylation sites (N-methyl/N-ethyl adjacent to an activating group) is 1. The van der Waals surface area contributed by atoms with Gasteiger partial charge in [-0.2, -0.15) is 15.2 Å². The highest BCUT2D eigenvalue weighted by atomic mass is 16.5. The second-order valence-corrected chi connectivity index (χ2v) is 12.9. The van der Waals surface area contributed by atoms with E-state index in [0.29, 0.717) is 31.1 Å². The van der Waals surface area contributed by atoms with Gasteiger partial charge in [-0.3, -0.25) is 4.90 Å². The van der Waals surface area contributed by atoms with Crippen molar-refractivity contribution >= 4 is 11.5 Å². The molecule has 0 radical (unpaired) electrons. The van der Waals surface area contributed by atoms with Gasteiger partial charge in [-0.1, -0.05) is 31.9 Å². The first-order valence-electron chi connectivity index (χ1n) is 16.7. The Balaban J connectivity index is 1.43. The van der Waals surface area contributed by atoms with Gasteiger partial charge in [0.15, 0.2) is 0 Å². The van der Waals surface area contributed by atoms with Gasteiger partial charge < -0.3 is 19.4 Å². The summed E-state index contributed by atoms with van der Waals surface area (Å²) < 4.78 is 6.38. The minimum Gasteiger partial charge on any atom is -0.462 e. The van der Waals surface area contributed by atoms with Crippen molar-refractivity contribution in [3.8, 4) is 23.9 Å². The monoisotopic (exact) mass is 597 g/mol. The van der Waals surface area contributed by atoms with Gasteiger partial charge in [0.2, 0.25) is 0 Å². The topological polar surface area (TPSA) is 71.8 Å². The molecule has 2 saturated heterocycles. The zero-order valence-corrected chi connectivity index (χ0v) is 27.6. The van der Waals surface area contributed by atoms with Crippen molar-refractivity contribution in [3.63, 3.8) is 0 Å². The Morgan fingerprint density at radius 3 is 2.70 bits per heavy atom. The smallest absolute Gasteiger partial charge is 0.318 e. The Morgan fingerprint density at radius 2 is 1.95 bits per heavy atom. The molecule has 0 spiro atoms. The molecule has 0 amide bonds. The first-order valence-corrected chi connectivity index (χ1v) is 16.7. The highest BCUT2D eigenvalue weighted by molar-refractivity contribution is 5.60. The normalized spacial score (nSPS) is 21.4. The van der Waals surface area contributed by atoms with Gasteiger partial charge in [-0.05, 0) is 77.2 Å². The first-order chi connectivity index (χ1) is 21.4. The maximum absolute atomic E-state index is 9.86. The number of aromatic nitrogens is 2. The van der Waals surface area contributed by atoms with E-state index in [4.69, 9.17) is 14.7 Å². The average molecular weight is 598 g/mol. The molecular weight excluding hydrogens is 546 g/mol. The summed E-state index contributed by atoms with van der Waals surface area (Å²) in [6.07, 6.45) is 8.09. The van der Waals surface area contributed by atoms with Crippen LogP contribution < -0.4 is 14.5 Å². The highest BCUT2D eigenvalue weighted by Crippen LogP contribution is 2.34. The van der Waals surface area contributed by atoms with E-state index in [2.05, 4.69) is 83.5 Å². The molecule has 2 fully saturated rings. The summed E-state index contributed by atoms with van der Waals surface area (Å²) in [4.78, 5) is 20.0. The third-order valence-electron chi connectivity index (χ3n) is 10.0. The standard InChI is InChI=1S/C36H51N7O/c1-6-8-13-29(14-9-7-2)43-23-22-42(24-30(43)17-19-37)35-32-18-21-41(34-16-10-12-27(3)28(34)4)25-33(32)38-36(39-35)44-26-31-15-11-20-40(31)5/h10,12,16,29-31H,6,8,11,13-15,17-18,20-26H2,1-5H3/t29?,30-,31-/m0/s1. The van der Waals surface area contributed by atoms with Crippen LogP contribution in [-0.4, -0.2) is 84.3 Å². The number of piperazine rings is 1. The number of nitriles is 1. The summed E-state index contributed by atoms with van der Waals surface area (Å²) in [7, 11) is 2.18. The molecule has 4 heterocycles. The van der Waals surface area contributed by atoms with E-state index < -0.39 is 0 Å². The maximum Gasteiger partial charge on any atom is 0.318 e. The molecule has 3 aliphatic heterocycles. The minimum absolute atomic E-state index is 0.145. The van der Waals surface area contributed by atoms with Crippen LogP contribution in [0.4, 0.5) is 11.5 Å². The number of benzene rings is 1. The second-order valence-electron chi connectivity index (χ2n) is 12.9. The van der Waals surface area contributed by atoms with Gasteiger partial charge >= 0.3 is 6.01 Å². The number of anilines is 2. The summed E-state index contributed by atoms with van der Waals surface area (Å²) >= 11 is 0. The number of aryl methyl sites for hydroxylation is 1. The predicted molar refractivity (Wildman–Crippen MR) is 178 cm³/mol. The molecule has 236 valence electrons. The van der Waals surface area contributed by atoms with Crippen LogP contribution in [0.2, 0.25) is 0 Å². The van der Waals surface area contributed by atoms with E-state index in [1.54, 1.807) is 0 Å². The number of unbranched alkanes of at least 4 members (excludes halogenated alkanes) is 1. The molecule has 5 rings (SSSR count). The molecule has 8 nitrogen and oxygen atoms in total. The van der Waals surface area contributed by atoms with E-state index in [0.717, 1.165) is 76.5 Å². The van der Waals surface area contributed by atoms with Gasteiger partial charge in [-0.25, -0.2) is 0 Å². The summed E-state index contributed by atoms with van der Waals surface area (Å²) in [5.74, 6) is 7.45. The van der Waals surface area contributed by atoms with E-state index in [1.807, 2.05) is 6.92 Å². The molecule has 44 heavy (non-hydrogen) atoms. The Labute approximate surface area is 265 Å². The summed E-state index contributed by atoms with van der Waals surface area (Å²) in [5, 5.41) is 9.86. The highest BCUT2D eigenvalue weighted by Gasteiger charge is 2.35. The maximum atomic E-state index is 9.86. The van der Waals surface area contributed by atoms with Crippen molar-refractivity contribution in [1.29, 1.82) is 5.26 Å². The third-order valence-corrected chi connectivity index (χ3v) is 10.0. The van der Waals surface area contributed by atoms with Crippen LogP contribution in [0.15, 0.2) is 18.2 Å². The summed E-state index contributed by atoms with van der Waals surface area (Å²) in [6, 6.07) is 10.5. The van der Waals surface area contributed by atoms with Crippen LogP contribution >= 0.6 is 0 Å². The molecule has 8 heteroatoms. The number of fused-ring (bicyclic) bond motifs is 1. The van der Waals surface area contributed by atoms with Crippen LogP contribution in [0.25, 0.3) is 0 Å². The first kappa shape index (κ1) is 32.1. The molecule has 0 N–H and O–H groups in total. The van der Waals surface area contributed by atoms with Crippen molar-refractivity contribution in [2.45, 2.75) is 104 Å². The lowest BCUT2D eigenvalue weighted by Gasteiger charge is -2.45. The number of likely N-dealkylation sites (tertiary alicyclic amines) is 1. The molecule has 0 saturated carbocycles. The zero-order valence-electron chi connectivity index (χ0n) is 27.6. The molecule has 2 aromatic rings. The summed E-state index contributed by atoms with van der Waals surface area (Å²) in [5.41, 5.74) is 6.22. The van der Waals surface area contributed by atoms with Gasteiger partial charge in [0.1, 0.15) is 12.4 Å². The second kappa shape index (κ2) is 15.1. The van der Waals surface area contributed by atoms with Gasteiger partial charge in [0.25, 0.3) is 0 Å². The lowest BCUT2D eigenvalue weighted by molar-refractivity contribution is 0.113. The number of hydrogen-bond donors (Lipinski definition) is 0. The van der Waals surface area contributed by atoms with Crippen molar-refractivity contribution in [3.05, 3.63) is 40.6 Å². The van der Waals surface area contributed by atoms with Gasteiger partial charge in [0.05, 0.1) is 24.7 Å². The minimum atomic E-state index is 0.145. The molecule has 1 unspecified atom stereocenters. The molecule has 1 aromatic carbocycles. The van der Waals surface area contributed by atoms with Crippen molar-refractivity contribution in [2.75, 3.05) is 56.2 Å². The molecule has 1 aromatic heterocycles. The van der Waals surface area contributed by atoms with E-state index in [1.165, 1.54) is 41.6 Å². The molecular formula is C36H51N7O. The quantitative estimate of drug-likeness (QED) is 0.314. The fraction of sp³-hybridized carbons (Fsp3) is 0.639. The molecule has 3 atom stereocenters. The third kappa shape index (κ3) is 7.31. The van der Waals surface area contributed by atoms with Crippen LogP contribution in [-0.2, 0) is 13.0 Å². The van der Waals surface area contributed by atoms with Crippen LogP contribution in [0.5, 0.6) is 6.01 Å². The fourth-order valence-electron chi connectivity index (χ4n) is 7.23. The fourth-order valence-corrected chi connectivity index (χ4v) is 7.23. The van der Waals surface area contributed by atoms with Crippen LogP contribution in [0, 0.1) is 37.0 Å².